The molecule has 0 aliphatic carbocycles. The van der Waals surface area contributed by atoms with Crippen LogP contribution in [-0.4, -0.2) is 41.1 Å². The Morgan fingerprint density at radius 3 is 2.36 bits per heavy atom. The summed E-state index contributed by atoms with van der Waals surface area (Å²) in [5, 5.41) is 8.75. The number of amides is 1. The second-order valence-electron chi connectivity index (χ2n) is 3.74. The minimum Gasteiger partial charge on any atom is -0.396 e. The molecule has 1 unspecified atom stereocenters. The number of hydrogen-bond acceptors (Lipinski definition) is 3. The summed E-state index contributed by atoms with van der Waals surface area (Å²) < 4.78 is 0. The van der Waals surface area contributed by atoms with Gasteiger partial charge in [-0.25, -0.2) is 0 Å². The van der Waals surface area contributed by atoms with E-state index in [1.54, 1.807) is 0 Å². The van der Waals surface area contributed by atoms with Crippen molar-refractivity contribution < 1.29 is 9.90 Å². The lowest BCUT2D eigenvalue weighted by Gasteiger charge is -2.32. The Kier molecular flexibility index (Phi) is 6.49. The van der Waals surface area contributed by atoms with E-state index in [9.17, 15) is 4.79 Å². The van der Waals surface area contributed by atoms with Crippen LogP contribution >= 0.6 is 0 Å². The quantitative estimate of drug-likeness (QED) is 0.625. The lowest BCUT2D eigenvalue weighted by molar-refractivity contribution is -0.124. The molecule has 0 heterocycles. The van der Waals surface area contributed by atoms with Crippen LogP contribution in [0, 0.1) is 0 Å². The van der Waals surface area contributed by atoms with E-state index in [4.69, 9.17) is 10.8 Å². The van der Waals surface area contributed by atoms with Gasteiger partial charge in [0.2, 0.25) is 5.91 Å². The van der Waals surface area contributed by atoms with Crippen LogP contribution in [0.1, 0.15) is 33.6 Å². The Labute approximate surface area is 86.1 Å². The molecule has 0 rings (SSSR count). The van der Waals surface area contributed by atoms with Gasteiger partial charge in [-0.3, -0.25) is 9.69 Å². The normalized spacial score (nSPS) is 13.6. The fourth-order valence-electron chi connectivity index (χ4n) is 1.63. The fraction of sp³-hybridized carbons (Fsp3) is 0.900. The summed E-state index contributed by atoms with van der Waals surface area (Å²) in [7, 11) is 0. The number of nitrogens with zero attached hydrogens (tertiary/aromatic N) is 1. The van der Waals surface area contributed by atoms with Crippen molar-refractivity contribution >= 4 is 5.91 Å². The number of aliphatic hydroxyl groups excluding tert-OH is 1. The molecule has 4 heteroatoms. The molecule has 0 aliphatic heterocycles. The zero-order chi connectivity index (χ0) is 11.1. The Morgan fingerprint density at radius 2 is 2.07 bits per heavy atom. The molecule has 0 aromatic rings. The predicted octanol–water partition coefficient (Wildman–Crippen LogP) is 0.343. The molecule has 0 fully saturated rings. The van der Waals surface area contributed by atoms with Crippen LogP contribution in [0.4, 0.5) is 0 Å². The van der Waals surface area contributed by atoms with Crippen LogP contribution in [0.3, 0.4) is 0 Å². The molecule has 0 spiro atoms. The smallest absolute Gasteiger partial charge is 0.234 e. The molecule has 0 saturated carbocycles. The highest BCUT2D eigenvalue weighted by Gasteiger charge is 2.23. The van der Waals surface area contributed by atoms with Crippen LogP contribution in [0.5, 0.6) is 0 Å². The number of primary amides is 1. The Bertz CT molecular complexity index is 172. The monoisotopic (exact) mass is 202 g/mol. The largest absolute Gasteiger partial charge is 0.396 e. The zero-order valence-corrected chi connectivity index (χ0v) is 9.36. The maximum Gasteiger partial charge on any atom is 0.234 e. The first kappa shape index (κ1) is 13.4. The molecule has 0 aromatic heterocycles. The Balaban J connectivity index is 4.35. The predicted molar refractivity (Wildman–Crippen MR) is 56.8 cm³/mol. The standard InChI is InChI=1S/C10H22N2O2/c1-4-9(10(11)14)12(8(2)3)6-5-7-13/h8-9,13H,4-7H2,1-3H3,(H2,11,14). The Morgan fingerprint density at radius 1 is 1.50 bits per heavy atom. The van der Waals surface area contributed by atoms with Crippen LogP contribution in [-0.2, 0) is 4.79 Å². The van der Waals surface area contributed by atoms with E-state index in [2.05, 4.69) is 0 Å². The van der Waals surface area contributed by atoms with Crippen LogP contribution in [0.25, 0.3) is 0 Å². The topological polar surface area (TPSA) is 66.6 Å². The number of rotatable bonds is 7. The third kappa shape index (κ3) is 4.07. The highest BCUT2D eigenvalue weighted by molar-refractivity contribution is 5.79. The van der Waals surface area contributed by atoms with Crippen molar-refractivity contribution in [1.29, 1.82) is 0 Å². The molecule has 14 heavy (non-hydrogen) atoms. The first-order chi connectivity index (χ1) is 6.54. The first-order valence-electron chi connectivity index (χ1n) is 5.20. The van der Waals surface area contributed by atoms with Gasteiger partial charge in [-0.15, -0.1) is 0 Å². The average molecular weight is 202 g/mol. The van der Waals surface area contributed by atoms with E-state index in [0.29, 0.717) is 6.42 Å². The van der Waals surface area contributed by atoms with E-state index in [1.807, 2.05) is 25.7 Å². The van der Waals surface area contributed by atoms with Gasteiger partial charge in [0.25, 0.3) is 0 Å². The fourth-order valence-corrected chi connectivity index (χ4v) is 1.63. The molecule has 0 aromatic carbocycles. The molecule has 4 nitrogen and oxygen atoms in total. The van der Waals surface area contributed by atoms with Crippen molar-refractivity contribution in [3.63, 3.8) is 0 Å². The van der Waals surface area contributed by atoms with Crippen molar-refractivity contribution in [3.05, 3.63) is 0 Å². The zero-order valence-electron chi connectivity index (χ0n) is 9.36. The van der Waals surface area contributed by atoms with Gasteiger partial charge < -0.3 is 10.8 Å². The molecular weight excluding hydrogens is 180 g/mol. The van der Waals surface area contributed by atoms with E-state index < -0.39 is 0 Å². The van der Waals surface area contributed by atoms with Gasteiger partial charge in [0.05, 0.1) is 6.04 Å². The van der Waals surface area contributed by atoms with E-state index >= 15 is 0 Å². The Hall–Kier alpha value is -0.610. The van der Waals surface area contributed by atoms with Crippen LogP contribution in [0.15, 0.2) is 0 Å². The second kappa shape index (κ2) is 6.79. The lowest BCUT2D eigenvalue weighted by atomic mass is 10.1. The highest BCUT2D eigenvalue weighted by atomic mass is 16.3. The van der Waals surface area contributed by atoms with E-state index in [0.717, 1.165) is 13.0 Å². The molecule has 3 N–H and O–H groups in total. The highest BCUT2D eigenvalue weighted by Crippen LogP contribution is 2.09. The third-order valence-corrected chi connectivity index (χ3v) is 2.35. The van der Waals surface area contributed by atoms with E-state index in [1.165, 1.54) is 0 Å². The SMILES string of the molecule is CCC(C(N)=O)N(CCCO)C(C)C. The number of carbonyl (C=O) groups is 1. The molecule has 0 saturated heterocycles. The molecule has 0 aliphatic rings. The van der Waals surface area contributed by atoms with Crippen molar-refractivity contribution in [2.45, 2.75) is 45.7 Å². The summed E-state index contributed by atoms with van der Waals surface area (Å²) in [5.41, 5.74) is 5.31. The van der Waals surface area contributed by atoms with Crippen molar-refractivity contribution in [3.8, 4) is 0 Å². The first-order valence-corrected chi connectivity index (χ1v) is 5.20. The van der Waals surface area contributed by atoms with Gasteiger partial charge in [0.1, 0.15) is 0 Å². The maximum atomic E-state index is 11.2. The number of carbonyl (C=O) groups excluding carboxylic acids is 1. The van der Waals surface area contributed by atoms with Gasteiger partial charge in [-0.2, -0.15) is 0 Å². The molecular formula is C10H22N2O2. The molecule has 0 radical (unpaired) electrons. The van der Waals surface area contributed by atoms with Crippen LogP contribution in [0.2, 0.25) is 0 Å². The van der Waals surface area contributed by atoms with Gasteiger partial charge in [-0.05, 0) is 26.7 Å². The lowest BCUT2D eigenvalue weighted by Crippen LogP contribution is -2.48. The summed E-state index contributed by atoms with van der Waals surface area (Å²) >= 11 is 0. The molecule has 1 atom stereocenters. The minimum absolute atomic E-state index is 0.151. The molecule has 84 valence electrons. The summed E-state index contributed by atoms with van der Waals surface area (Å²) in [5.74, 6) is -0.279. The summed E-state index contributed by atoms with van der Waals surface area (Å²) in [4.78, 5) is 13.2. The van der Waals surface area contributed by atoms with Crippen LogP contribution < -0.4 is 5.73 Å². The molecule has 0 bridgehead atoms. The van der Waals surface area contributed by atoms with Crippen molar-refractivity contribution in [2.24, 2.45) is 5.73 Å². The van der Waals surface area contributed by atoms with Gasteiger partial charge in [-0.1, -0.05) is 6.92 Å². The van der Waals surface area contributed by atoms with Gasteiger partial charge in [0, 0.05) is 19.2 Å². The van der Waals surface area contributed by atoms with E-state index in [-0.39, 0.29) is 24.6 Å². The van der Waals surface area contributed by atoms with Gasteiger partial charge in [0.15, 0.2) is 0 Å². The number of hydrogen-bond donors (Lipinski definition) is 2. The summed E-state index contributed by atoms with van der Waals surface area (Å²) in [6, 6.07) is 0.0700. The molecule has 1 amide bonds. The number of nitrogens with two attached hydrogens (primary N) is 1. The second-order valence-corrected chi connectivity index (χ2v) is 3.74. The summed E-state index contributed by atoms with van der Waals surface area (Å²) in [6.45, 7) is 6.88. The minimum atomic E-state index is -0.279. The average Bonchev–Trinajstić information content (AvgIpc) is 2.10. The third-order valence-electron chi connectivity index (χ3n) is 2.35. The van der Waals surface area contributed by atoms with Gasteiger partial charge >= 0.3 is 0 Å². The summed E-state index contributed by atoms with van der Waals surface area (Å²) in [6.07, 6.45) is 1.40. The maximum absolute atomic E-state index is 11.2. The van der Waals surface area contributed by atoms with Crippen molar-refractivity contribution in [2.75, 3.05) is 13.2 Å². The van der Waals surface area contributed by atoms with Crippen molar-refractivity contribution in [1.82, 2.24) is 4.90 Å². The number of aliphatic hydroxyl groups is 1.